The van der Waals surface area contributed by atoms with Crippen LogP contribution in [-0.2, 0) is 0 Å². The normalized spacial score (nSPS) is 17.1. The molecule has 2 heterocycles. The van der Waals surface area contributed by atoms with Crippen molar-refractivity contribution in [3.05, 3.63) is 24.4 Å². The molecule has 100 valence electrons. The van der Waals surface area contributed by atoms with Crippen molar-refractivity contribution in [1.29, 1.82) is 0 Å². The average molecular weight is 248 g/mol. The minimum Gasteiger partial charge on any atom is -0.357 e. The molecule has 0 saturated carbocycles. The molecule has 4 nitrogen and oxygen atoms in total. The first-order chi connectivity index (χ1) is 8.90. The van der Waals surface area contributed by atoms with Crippen LogP contribution in [0.1, 0.15) is 25.7 Å². The molecule has 1 aliphatic heterocycles. The SMILES string of the molecule is NCCCCNC1CCN(c2ccccn2)CC1. The van der Waals surface area contributed by atoms with E-state index in [1.54, 1.807) is 0 Å². The van der Waals surface area contributed by atoms with Gasteiger partial charge in [-0.3, -0.25) is 0 Å². The molecule has 1 aromatic rings. The smallest absolute Gasteiger partial charge is 0.128 e. The number of anilines is 1. The van der Waals surface area contributed by atoms with Crippen molar-refractivity contribution in [2.75, 3.05) is 31.1 Å². The van der Waals surface area contributed by atoms with Gasteiger partial charge in [-0.2, -0.15) is 0 Å². The molecule has 3 N–H and O–H groups in total. The van der Waals surface area contributed by atoms with Gasteiger partial charge < -0.3 is 16.0 Å². The van der Waals surface area contributed by atoms with Gasteiger partial charge in [0.05, 0.1) is 0 Å². The third kappa shape index (κ3) is 3.96. The summed E-state index contributed by atoms with van der Waals surface area (Å²) in [6.07, 6.45) is 6.60. The van der Waals surface area contributed by atoms with E-state index in [4.69, 9.17) is 5.73 Å². The summed E-state index contributed by atoms with van der Waals surface area (Å²) >= 11 is 0. The number of nitrogens with two attached hydrogens (primary N) is 1. The molecule has 0 unspecified atom stereocenters. The van der Waals surface area contributed by atoms with Gasteiger partial charge in [0.25, 0.3) is 0 Å². The van der Waals surface area contributed by atoms with Crippen LogP contribution in [0.25, 0.3) is 0 Å². The Morgan fingerprint density at radius 3 is 2.78 bits per heavy atom. The van der Waals surface area contributed by atoms with Crippen molar-refractivity contribution >= 4 is 5.82 Å². The highest BCUT2D eigenvalue weighted by Crippen LogP contribution is 2.17. The molecule has 0 bridgehead atoms. The number of pyridine rings is 1. The standard InChI is InChI=1S/C14H24N4/c15-8-2-4-9-16-13-6-11-18(12-7-13)14-5-1-3-10-17-14/h1,3,5,10,13,16H,2,4,6-9,11-12,15H2. The van der Waals surface area contributed by atoms with Crippen LogP contribution >= 0.6 is 0 Å². The fraction of sp³-hybridized carbons (Fsp3) is 0.643. The number of rotatable bonds is 6. The molecule has 18 heavy (non-hydrogen) atoms. The Morgan fingerprint density at radius 2 is 2.11 bits per heavy atom. The van der Waals surface area contributed by atoms with Gasteiger partial charge in [0.1, 0.15) is 5.82 Å². The molecular formula is C14H24N4. The summed E-state index contributed by atoms with van der Waals surface area (Å²) in [5.74, 6) is 1.11. The molecule has 0 spiro atoms. The molecule has 0 atom stereocenters. The molecule has 0 amide bonds. The molecule has 4 heteroatoms. The maximum Gasteiger partial charge on any atom is 0.128 e. The van der Waals surface area contributed by atoms with Crippen LogP contribution in [0.2, 0.25) is 0 Å². The van der Waals surface area contributed by atoms with Crippen molar-refractivity contribution in [3.63, 3.8) is 0 Å². The summed E-state index contributed by atoms with van der Waals surface area (Å²) in [5, 5.41) is 3.63. The second kappa shape index (κ2) is 7.34. The first-order valence-corrected chi connectivity index (χ1v) is 6.99. The number of nitrogens with zero attached hydrogens (tertiary/aromatic N) is 2. The van der Waals surface area contributed by atoms with Gasteiger partial charge >= 0.3 is 0 Å². The predicted molar refractivity (Wildman–Crippen MR) is 75.8 cm³/mol. The minimum absolute atomic E-state index is 0.669. The van der Waals surface area contributed by atoms with E-state index < -0.39 is 0 Å². The lowest BCUT2D eigenvalue weighted by atomic mass is 10.0. The number of piperidine rings is 1. The maximum absolute atomic E-state index is 5.49. The van der Waals surface area contributed by atoms with Crippen LogP contribution in [-0.4, -0.2) is 37.2 Å². The van der Waals surface area contributed by atoms with Gasteiger partial charge in [0.15, 0.2) is 0 Å². The van der Waals surface area contributed by atoms with Crippen molar-refractivity contribution in [2.24, 2.45) is 5.73 Å². The summed E-state index contributed by atoms with van der Waals surface area (Å²) in [6.45, 7) is 4.11. The minimum atomic E-state index is 0.669. The lowest BCUT2D eigenvalue weighted by molar-refractivity contribution is 0.410. The molecular weight excluding hydrogens is 224 g/mol. The third-order valence-electron chi connectivity index (χ3n) is 3.53. The molecule has 0 radical (unpaired) electrons. The topological polar surface area (TPSA) is 54.2 Å². The number of aromatic nitrogens is 1. The largest absolute Gasteiger partial charge is 0.357 e. The number of nitrogens with one attached hydrogen (secondary N) is 1. The lowest BCUT2D eigenvalue weighted by Crippen LogP contribution is -2.43. The van der Waals surface area contributed by atoms with Crippen molar-refractivity contribution in [1.82, 2.24) is 10.3 Å². The Hall–Kier alpha value is -1.13. The molecule has 1 saturated heterocycles. The summed E-state index contributed by atoms with van der Waals surface area (Å²) in [6, 6.07) is 6.78. The van der Waals surface area contributed by atoms with Crippen LogP contribution in [0, 0.1) is 0 Å². The van der Waals surface area contributed by atoms with Gasteiger partial charge in [-0.1, -0.05) is 6.07 Å². The lowest BCUT2D eigenvalue weighted by Gasteiger charge is -2.33. The Bertz CT molecular complexity index is 320. The number of hydrogen-bond acceptors (Lipinski definition) is 4. The first kappa shape index (κ1) is 13.3. The fourth-order valence-corrected chi connectivity index (χ4v) is 2.43. The van der Waals surface area contributed by atoms with Gasteiger partial charge in [0.2, 0.25) is 0 Å². The predicted octanol–water partition coefficient (Wildman–Crippen LogP) is 1.38. The van der Waals surface area contributed by atoms with Crippen LogP contribution in [0.4, 0.5) is 5.82 Å². The molecule has 2 rings (SSSR count). The van der Waals surface area contributed by atoms with Gasteiger partial charge in [-0.15, -0.1) is 0 Å². The third-order valence-corrected chi connectivity index (χ3v) is 3.53. The molecule has 0 aromatic carbocycles. The highest BCUT2D eigenvalue weighted by atomic mass is 15.2. The van der Waals surface area contributed by atoms with Gasteiger partial charge in [0, 0.05) is 25.3 Å². The van der Waals surface area contributed by atoms with Crippen LogP contribution in [0.15, 0.2) is 24.4 Å². The summed E-state index contributed by atoms with van der Waals surface area (Å²) in [5.41, 5.74) is 5.49. The Labute approximate surface area is 110 Å². The summed E-state index contributed by atoms with van der Waals surface area (Å²) in [4.78, 5) is 6.78. The highest BCUT2D eigenvalue weighted by Gasteiger charge is 2.18. The number of unbranched alkanes of at least 4 members (excludes halogenated alkanes) is 1. The van der Waals surface area contributed by atoms with E-state index in [0.717, 1.165) is 38.4 Å². The monoisotopic (exact) mass is 248 g/mol. The van der Waals surface area contributed by atoms with Crippen LogP contribution < -0.4 is 16.0 Å². The van der Waals surface area contributed by atoms with Gasteiger partial charge in [-0.05, 0) is 50.9 Å². The van der Waals surface area contributed by atoms with E-state index in [9.17, 15) is 0 Å². The quantitative estimate of drug-likeness (QED) is 0.747. The summed E-state index contributed by atoms with van der Waals surface area (Å²) < 4.78 is 0. The van der Waals surface area contributed by atoms with Crippen molar-refractivity contribution in [2.45, 2.75) is 31.7 Å². The van der Waals surface area contributed by atoms with E-state index in [0.29, 0.717) is 6.04 Å². The van der Waals surface area contributed by atoms with Crippen molar-refractivity contribution in [3.8, 4) is 0 Å². The van der Waals surface area contributed by atoms with Gasteiger partial charge in [-0.25, -0.2) is 4.98 Å². The Kier molecular flexibility index (Phi) is 5.42. The Balaban J connectivity index is 1.68. The molecule has 0 aliphatic carbocycles. The maximum atomic E-state index is 5.49. The molecule has 1 fully saturated rings. The zero-order chi connectivity index (χ0) is 12.6. The number of hydrogen-bond donors (Lipinski definition) is 2. The second-order valence-electron chi connectivity index (χ2n) is 4.90. The second-order valence-corrected chi connectivity index (χ2v) is 4.90. The highest BCUT2D eigenvalue weighted by molar-refractivity contribution is 5.38. The van der Waals surface area contributed by atoms with E-state index in [-0.39, 0.29) is 0 Å². The zero-order valence-corrected chi connectivity index (χ0v) is 11.0. The molecule has 1 aliphatic rings. The molecule has 1 aromatic heterocycles. The van der Waals surface area contributed by atoms with Crippen molar-refractivity contribution < 1.29 is 0 Å². The zero-order valence-electron chi connectivity index (χ0n) is 11.0. The fourth-order valence-electron chi connectivity index (χ4n) is 2.43. The van der Waals surface area contributed by atoms with Crippen LogP contribution in [0.5, 0.6) is 0 Å². The van der Waals surface area contributed by atoms with Crippen LogP contribution in [0.3, 0.4) is 0 Å². The van der Waals surface area contributed by atoms with E-state index in [1.165, 1.54) is 19.3 Å². The van der Waals surface area contributed by atoms with E-state index in [2.05, 4.69) is 27.3 Å². The summed E-state index contributed by atoms with van der Waals surface area (Å²) in [7, 11) is 0. The first-order valence-electron chi connectivity index (χ1n) is 6.99. The Morgan fingerprint density at radius 1 is 1.28 bits per heavy atom. The van der Waals surface area contributed by atoms with E-state index in [1.807, 2.05) is 12.3 Å². The average Bonchev–Trinajstić information content (AvgIpc) is 2.45. The van der Waals surface area contributed by atoms with E-state index >= 15 is 0 Å².